The number of carbonyl (C=O) groups excluding carboxylic acids is 1. The van der Waals surface area contributed by atoms with Gasteiger partial charge in [0.2, 0.25) is 5.91 Å². The summed E-state index contributed by atoms with van der Waals surface area (Å²) >= 11 is 1.70. The van der Waals surface area contributed by atoms with Crippen LogP contribution in [0.1, 0.15) is 13.8 Å². The van der Waals surface area contributed by atoms with Gasteiger partial charge in [0.1, 0.15) is 0 Å². The minimum atomic E-state index is 0.0529. The summed E-state index contributed by atoms with van der Waals surface area (Å²) in [5.41, 5.74) is 0.982. The zero-order chi connectivity index (χ0) is 10.1. The van der Waals surface area contributed by atoms with Gasteiger partial charge in [-0.15, -0.1) is 0 Å². The normalized spacial score (nSPS) is 14.7. The first-order valence-electron chi connectivity index (χ1n) is 4.43. The van der Waals surface area contributed by atoms with Crippen molar-refractivity contribution in [3.05, 3.63) is 35.4 Å². The standard InChI is InChI=1S/C11H11NOS/c1-8-7-12(9(2)13)10-5-3-4-6-11(10)14-8/h3-7H,1-2H3. The molecule has 0 atom stereocenters. The Morgan fingerprint density at radius 2 is 2.07 bits per heavy atom. The summed E-state index contributed by atoms with van der Waals surface area (Å²) in [6, 6.07) is 7.94. The Balaban J connectivity index is 2.51. The number of fused-ring (bicyclic) bond motifs is 1. The van der Waals surface area contributed by atoms with E-state index in [0.29, 0.717) is 0 Å². The number of carbonyl (C=O) groups is 1. The quantitative estimate of drug-likeness (QED) is 0.649. The summed E-state index contributed by atoms with van der Waals surface area (Å²) in [4.78, 5) is 15.4. The molecule has 3 heteroatoms. The van der Waals surface area contributed by atoms with Crippen LogP contribution >= 0.6 is 11.8 Å². The molecule has 72 valence electrons. The lowest BCUT2D eigenvalue weighted by atomic mass is 10.3. The van der Waals surface area contributed by atoms with Gasteiger partial charge in [0, 0.05) is 22.9 Å². The molecule has 0 spiro atoms. The summed E-state index contributed by atoms with van der Waals surface area (Å²) in [5, 5.41) is 0. The average Bonchev–Trinajstić information content (AvgIpc) is 2.16. The van der Waals surface area contributed by atoms with Gasteiger partial charge in [-0.1, -0.05) is 23.9 Å². The minimum Gasteiger partial charge on any atom is -0.286 e. The van der Waals surface area contributed by atoms with Crippen molar-refractivity contribution >= 4 is 23.4 Å². The molecule has 0 saturated carbocycles. The Kier molecular flexibility index (Phi) is 2.33. The molecule has 1 heterocycles. The van der Waals surface area contributed by atoms with Crippen molar-refractivity contribution < 1.29 is 4.79 Å². The van der Waals surface area contributed by atoms with E-state index in [9.17, 15) is 4.79 Å². The number of anilines is 1. The molecule has 0 saturated heterocycles. The minimum absolute atomic E-state index is 0.0529. The summed E-state index contributed by atoms with van der Waals surface area (Å²) in [7, 11) is 0. The van der Waals surface area contributed by atoms with Gasteiger partial charge in [0.15, 0.2) is 0 Å². The molecule has 0 aliphatic carbocycles. The van der Waals surface area contributed by atoms with Crippen LogP contribution in [0.5, 0.6) is 0 Å². The van der Waals surface area contributed by atoms with Crippen LogP contribution in [0, 0.1) is 0 Å². The van der Waals surface area contributed by atoms with Crippen molar-refractivity contribution in [2.45, 2.75) is 18.7 Å². The molecule has 1 aliphatic heterocycles. The number of amides is 1. The lowest BCUT2D eigenvalue weighted by molar-refractivity contribution is -0.116. The highest BCUT2D eigenvalue weighted by Crippen LogP contribution is 2.39. The van der Waals surface area contributed by atoms with Gasteiger partial charge in [-0.05, 0) is 19.1 Å². The lowest BCUT2D eigenvalue weighted by Gasteiger charge is -2.24. The molecule has 1 aliphatic rings. The molecule has 0 unspecified atom stereocenters. The van der Waals surface area contributed by atoms with Crippen molar-refractivity contribution in [3.8, 4) is 0 Å². The Morgan fingerprint density at radius 1 is 1.36 bits per heavy atom. The smallest absolute Gasteiger partial charge is 0.227 e. The molecule has 0 N–H and O–H groups in total. The van der Waals surface area contributed by atoms with E-state index in [1.54, 1.807) is 23.6 Å². The fourth-order valence-electron chi connectivity index (χ4n) is 1.45. The second-order valence-electron chi connectivity index (χ2n) is 3.20. The Labute approximate surface area is 87.6 Å². The SMILES string of the molecule is CC(=O)N1C=C(C)Sc2ccccc21. The van der Waals surface area contributed by atoms with Crippen molar-refractivity contribution in [1.29, 1.82) is 0 Å². The van der Waals surface area contributed by atoms with E-state index in [4.69, 9.17) is 0 Å². The molecule has 0 radical (unpaired) electrons. The average molecular weight is 205 g/mol. The second-order valence-corrected chi connectivity index (χ2v) is 4.49. The van der Waals surface area contributed by atoms with Crippen LogP contribution in [-0.4, -0.2) is 5.91 Å². The Hall–Kier alpha value is -1.22. The third kappa shape index (κ3) is 1.55. The van der Waals surface area contributed by atoms with Crippen LogP contribution in [0.2, 0.25) is 0 Å². The largest absolute Gasteiger partial charge is 0.286 e. The van der Waals surface area contributed by atoms with Crippen molar-refractivity contribution in [3.63, 3.8) is 0 Å². The molecule has 1 aromatic carbocycles. The Morgan fingerprint density at radius 3 is 2.79 bits per heavy atom. The fraction of sp³-hybridized carbons (Fsp3) is 0.182. The van der Waals surface area contributed by atoms with Crippen LogP contribution in [0.15, 0.2) is 40.3 Å². The maximum Gasteiger partial charge on any atom is 0.227 e. The monoisotopic (exact) mass is 205 g/mol. The summed E-state index contributed by atoms with van der Waals surface area (Å²) in [6.07, 6.45) is 1.88. The Bertz CT molecular complexity index is 412. The van der Waals surface area contributed by atoms with E-state index >= 15 is 0 Å². The second kappa shape index (κ2) is 3.50. The molecule has 14 heavy (non-hydrogen) atoms. The van der Waals surface area contributed by atoms with Crippen LogP contribution < -0.4 is 4.90 Å². The number of para-hydroxylation sites is 1. The first-order chi connectivity index (χ1) is 6.68. The third-order valence-corrected chi connectivity index (χ3v) is 3.04. The highest BCUT2D eigenvalue weighted by Gasteiger charge is 2.18. The van der Waals surface area contributed by atoms with Crippen LogP contribution in [-0.2, 0) is 4.79 Å². The zero-order valence-electron chi connectivity index (χ0n) is 8.15. The molecule has 0 bridgehead atoms. The van der Waals surface area contributed by atoms with Crippen molar-refractivity contribution in [2.24, 2.45) is 0 Å². The first kappa shape index (κ1) is 9.34. The number of nitrogens with zero attached hydrogens (tertiary/aromatic N) is 1. The highest BCUT2D eigenvalue weighted by atomic mass is 32.2. The van der Waals surface area contributed by atoms with E-state index in [-0.39, 0.29) is 5.91 Å². The molecule has 2 rings (SSSR count). The topological polar surface area (TPSA) is 20.3 Å². The van der Waals surface area contributed by atoms with Crippen LogP contribution in [0.25, 0.3) is 0 Å². The van der Waals surface area contributed by atoms with Gasteiger partial charge >= 0.3 is 0 Å². The van der Waals surface area contributed by atoms with E-state index < -0.39 is 0 Å². The number of allylic oxidation sites excluding steroid dienone is 1. The van der Waals surface area contributed by atoms with Crippen molar-refractivity contribution in [1.82, 2.24) is 0 Å². The van der Waals surface area contributed by atoms with Gasteiger partial charge in [0.05, 0.1) is 5.69 Å². The number of hydrogen-bond acceptors (Lipinski definition) is 2. The number of rotatable bonds is 0. The molecule has 0 aromatic heterocycles. The van der Waals surface area contributed by atoms with Gasteiger partial charge in [-0.3, -0.25) is 9.69 Å². The lowest BCUT2D eigenvalue weighted by Crippen LogP contribution is -2.24. The predicted octanol–water partition coefficient (Wildman–Crippen LogP) is 3.01. The van der Waals surface area contributed by atoms with E-state index in [1.165, 1.54) is 0 Å². The molecular formula is C11H11NOS. The van der Waals surface area contributed by atoms with Gasteiger partial charge in [-0.2, -0.15) is 0 Å². The van der Waals surface area contributed by atoms with E-state index in [1.807, 2.05) is 37.4 Å². The molecular weight excluding hydrogens is 194 g/mol. The van der Waals surface area contributed by atoms with Gasteiger partial charge in [-0.25, -0.2) is 0 Å². The van der Waals surface area contributed by atoms with Gasteiger partial charge in [0.25, 0.3) is 0 Å². The van der Waals surface area contributed by atoms with Crippen LogP contribution in [0.4, 0.5) is 5.69 Å². The predicted molar refractivity (Wildman–Crippen MR) is 59.2 cm³/mol. The molecule has 1 amide bonds. The fourth-order valence-corrected chi connectivity index (χ4v) is 2.38. The summed E-state index contributed by atoms with van der Waals surface area (Å²) in [6.45, 7) is 3.59. The van der Waals surface area contributed by atoms with Crippen molar-refractivity contribution in [2.75, 3.05) is 4.90 Å². The number of thioether (sulfide) groups is 1. The molecule has 2 nitrogen and oxygen atoms in total. The summed E-state index contributed by atoms with van der Waals surface area (Å²) in [5.74, 6) is 0.0529. The van der Waals surface area contributed by atoms with Gasteiger partial charge < -0.3 is 0 Å². The molecule has 1 aromatic rings. The number of hydrogen-bond donors (Lipinski definition) is 0. The molecule has 0 fully saturated rings. The van der Waals surface area contributed by atoms with E-state index in [2.05, 4.69) is 0 Å². The summed E-state index contributed by atoms with van der Waals surface area (Å²) < 4.78 is 0. The first-order valence-corrected chi connectivity index (χ1v) is 5.25. The maximum absolute atomic E-state index is 11.4. The van der Waals surface area contributed by atoms with Crippen LogP contribution in [0.3, 0.4) is 0 Å². The maximum atomic E-state index is 11.4. The highest BCUT2D eigenvalue weighted by molar-refractivity contribution is 8.03. The number of benzene rings is 1. The third-order valence-electron chi connectivity index (χ3n) is 2.05. The zero-order valence-corrected chi connectivity index (χ0v) is 8.97. The van der Waals surface area contributed by atoms with E-state index in [0.717, 1.165) is 15.5 Å².